The highest BCUT2D eigenvalue weighted by Crippen LogP contribution is 2.31. The highest BCUT2D eigenvalue weighted by atomic mass is 19.1. The molecule has 1 fully saturated rings. The Balaban J connectivity index is 1.99. The normalized spacial score (nSPS) is 26.0. The molecule has 0 amide bonds. The van der Waals surface area contributed by atoms with E-state index in [9.17, 15) is 13.9 Å². The molecular formula is C15H20F2O. The average Bonchev–Trinajstić information content (AvgIpc) is 2.27. The zero-order valence-electron chi connectivity index (χ0n) is 10.7. The minimum Gasteiger partial charge on any atom is -0.392 e. The van der Waals surface area contributed by atoms with E-state index in [1.807, 2.05) is 0 Å². The van der Waals surface area contributed by atoms with Crippen molar-refractivity contribution in [1.29, 1.82) is 0 Å². The van der Waals surface area contributed by atoms with Gasteiger partial charge in [0.1, 0.15) is 11.6 Å². The van der Waals surface area contributed by atoms with Crippen LogP contribution in [0.15, 0.2) is 18.2 Å². The maximum atomic E-state index is 13.1. The summed E-state index contributed by atoms with van der Waals surface area (Å²) in [6, 6.07) is 3.47. The molecule has 0 spiro atoms. The fraction of sp³-hybridized carbons (Fsp3) is 0.600. The van der Waals surface area contributed by atoms with Crippen molar-refractivity contribution in [2.24, 2.45) is 11.8 Å². The van der Waals surface area contributed by atoms with Crippen molar-refractivity contribution in [2.45, 2.75) is 45.1 Å². The highest BCUT2D eigenvalue weighted by Gasteiger charge is 2.25. The van der Waals surface area contributed by atoms with Crippen LogP contribution in [0.3, 0.4) is 0 Å². The monoisotopic (exact) mass is 254 g/mol. The van der Waals surface area contributed by atoms with Crippen LogP contribution in [-0.2, 0) is 6.42 Å². The van der Waals surface area contributed by atoms with E-state index in [0.717, 1.165) is 25.3 Å². The van der Waals surface area contributed by atoms with Crippen molar-refractivity contribution >= 4 is 0 Å². The van der Waals surface area contributed by atoms with Gasteiger partial charge in [-0.3, -0.25) is 0 Å². The molecule has 0 aromatic heterocycles. The first kappa shape index (κ1) is 13.5. The van der Waals surface area contributed by atoms with Crippen molar-refractivity contribution in [2.75, 3.05) is 0 Å². The lowest BCUT2D eigenvalue weighted by molar-refractivity contribution is 0.0719. The van der Waals surface area contributed by atoms with E-state index >= 15 is 0 Å². The zero-order valence-corrected chi connectivity index (χ0v) is 10.7. The summed E-state index contributed by atoms with van der Waals surface area (Å²) < 4.78 is 26.1. The predicted molar refractivity (Wildman–Crippen MR) is 67.2 cm³/mol. The first-order valence-electron chi connectivity index (χ1n) is 6.67. The summed E-state index contributed by atoms with van der Waals surface area (Å²) in [6.45, 7) is 2.20. The molecule has 1 N–H and O–H groups in total. The number of benzene rings is 1. The van der Waals surface area contributed by atoms with Crippen molar-refractivity contribution in [3.63, 3.8) is 0 Å². The summed E-state index contributed by atoms with van der Waals surface area (Å²) in [5, 5.41) is 10.2. The van der Waals surface area contributed by atoms with Crippen LogP contribution in [0.2, 0.25) is 0 Å². The molecule has 1 aliphatic carbocycles. The lowest BCUT2D eigenvalue weighted by Gasteiger charge is -2.30. The number of aliphatic hydroxyl groups excluding tert-OH is 1. The number of hydrogen-bond acceptors (Lipinski definition) is 1. The molecule has 0 heterocycles. The quantitative estimate of drug-likeness (QED) is 0.872. The molecule has 1 aromatic rings. The van der Waals surface area contributed by atoms with Crippen LogP contribution < -0.4 is 0 Å². The van der Waals surface area contributed by atoms with Crippen molar-refractivity contribution < 1.29 is 13.9 Å². The second-order valence-electron chi connectivity index (χ2n) is 5.58. The third-order valence-corrected chi connectivity index (χ3v) is 3.89. The van der Waals surface area contributed by atoms with E-state index in [2.05, 4.69) is 6.92 Å². The Hall–Kier alpha value is -0.960. The zero-order chi connectivity index (χ0) is 13.1. The third kappa shape index (κ3) is 3.52. The Morgan fingerprint density at radius 1 is 1.22 bits per heavy atom. The summed E-state index contributed by atoms with van der Waals surface area (Å²) in [5.74, 6) is -0.244. The van der Waals surface area contributed by atoms with Gasteiger partial charge in [0.15, 0.2) is 0 Å². The first-order valence-corrected chi connectivity index (χ1v) is 6.67. The Bertz CT molecular complexity index is 385. The fourth-order valence-electron chi connectivity index (χ4n) is 2.97. The molecule has 1 nitrogen and oxygen atoms in total. The van der Waals surface area contributed by atoms with Crippen molar-refractivity contribution in [1.82, 2.24) is 0 Å². The molecule has 18 heavy (non-hydrogen) atoms. The molecular weight excluding hydrogens is 234 g/mol. The maximum absolute atomic E-state index is 13.1. The van der Waals surface area contributed by atoms with E-state index in [1.54, 1.807) is 0 Å². The summed E-state index contributed by atoms with van der Waals surface area (Å²) in [5.41, 5.74) is 0.540. The van der Waals surface area contributed by atoms with E-state index < -0.39 is 17.7 Å². The smallest absolute Gasteiger partial charge is 0.126 e. The molecule has 1 saturated carbocycles. The van der Waals surface area contributed by atoms with Crippen LogP contribution in [0.5, 0.6) is 0 Å². The van der Waals surface area contributed by atoms with E-state index in [1.165, 1.54) is 18.6 Å². The van der Waals surface area contributed by atoms with Gasteiger partial charge in [0.2, 0.25) is 0 Å². The minimum absolute atomic E-state index is 0.264. The fourth-order valence-corrected chi connectivity index (χ4v) is 2.97. The van der Waals surface area contributed by atoms with E-state index in [4.69, 9.17) is 0 Å². The van der Waals surface area contributed by atoms with Crippen LogP contribution in [0.4, 0.5) is 8.78 Å². The van der Waals surface area contributed by atoms with Crippen LogP contribution in [0.25, 0.3) is 0 Å². The maximum Gasteiger partial charge on any atom is 0.126 e. The van der Waals surface area contributed by atoms with Gasteiger partial charge in [-0.15, -0.1) is 0 Å². The SMILES string of the molecule is CC1CCCC(C(O)Cc2cc(F)cc(F)c2)C1. The van der Waals surface area contributed by atoms with Crippen molar-refractivity contribution in [3.05, 3.63) is 35.4 Å². The van der Waals surface area contributed by atoms with Crippen LogP contribution in [0, 0.1) is 23.5 Å². The average molecular weight is 254 g/mol. The summed E-state index contributed by atoms with van der Waals surface area (Å²) in [4.78, 5) is 0. The number of rotatable bonds is 3. The Morgan fingerprint density at radius 2 is 1.89 bits per heavy atom. The molecule has 1 aromatic carbocycles. The number of hydrogen-bond donors (Lipinski definition) is 1. The second kappa shape index (κ2) is 5.79. The van der Waals surface area contributed by atoms with Gasteiger partial charge >= 0.3 is 0 Å². The molecule has 1 aliphatic rings. The summed E-state index contributed by atoms with van der Waals surface area (Å²) in [6.07, 6.45) is 4.24. The molecule has 3 atom stereocenters. The topological polar surface area (TPSA) is 20.2 Å². The van der Waals surface area contributed by atoms with Crippen LogP contribution in [-0.4, -0.2) is 11.2 Å². The standard InChI is InChI=1S/C15H20F2O/c1-10-3-2-4-12(5-10)15(18)8-11-6-13(16)9-14(17)7-11/h6-7,9-10,12,15,18H,2-5,8H2,1H3. The predicted octanol–water partition coefficient (Wildman–Crippen LogP) is 3.69. The largest absolute Gasteiger partial charge is 0.392 e. The van der Waals surface area contributed by atoms with Crippen LogP contribution in [0.1, 0.15) is 38.2 Å². The molecule has 0 aliphatic heterocycles. The number of halogens is 2. The van der Waals surface area contributed by atoms with E-state index in [-0.39, 0.29) is 5.92 Å². The molecule has 100 valence electrons. The molecule has 2 rings (SSSR count). The molecule has 3 unspecified atom stereocenters. The highest BCUT2D eigenvalue weighted by molar-refractivity contribution is 5.18. The van der Waals surface area contributed by atoms with E-state index in [0.29, 0.717) is 17.9 Å². The van der Waals surface area contributed by atoms with Gasteiger partial charge in [-0.1, -0.05) is 19.8 Å². The number of aliphatic hydroxyl groups is 1. The van der Waals surface area contributed by atoms with Gasteiger partial charge in [0, 0.05) is 6.07 Å². The van der Waals surface area contributed by atoms with Gasteiger partial charge < -0.3 is 5.11 Å². The summed E-state index contributed by atoms with van der Waals surface area (Å²) >= 11 is 0. The van der Waals surface area contributed by atoms with Gasteiger partial charge in [0.05, 0.1) is 6.10 Å². The minimum atomic E-state index is -0.575. The first-order chi connectivity index (χ1) is 8.54. The Kier molecular flexibility index (Phi) is 4.33. The van der Waals surface area contributed by atoms with Crippen molar-refractivity contribution in [3.8, 4) is 0 Å². The second-order valence-corrected chi connectivity index (χ2v) is 5.58. The van der Waals surface area contributed by atoms with Gasteiger partial charge in [-0.05, 0) is 48.8 Å². The Labute approximate surface area is 107 Å². The molecule has 0 radical (unpaired) electrons. The van der Waals surface area contributed by atoms with Crippen LogP contribution >= 0.6 is 0 Å². The molecule has 0 bridgehead atoms. The lowest BCUT2D eigenvalue weighted by Crippen LogP contribution is -2.27. The van der Waals surface area contributed by atoms with Gasteiger partial charge in [0.25, 0.3) is 0 Å². The third-order valence-electron chi connectivity index (χ3n) is 3.89. The summed E-state index contributed by atoms with van der Waals surface area (Å²) in [7, 11) is 0. The molecule has 3 heteroatoms. The van der Waals surface area contributed by atoms with Gasteiger partial charge in [-0.2, -0.15) is 0 Å². The lowest BCUT2D eigenvalue weighted by atomic mass is 9.78. The van der Waals surface area contributed by atoms with Gasteiger partial charge in [-0.25, -0.2) is 8.78 Å². The Morgan fingerprint density at radius 3 is 2.50 bits per heavy atom. The molecule has 0 saturated heterocycles.